The van der Waals surface area contributed by atoms with Crippen molar-refractivity contribution in [2.24, 2.45) is 0 Å². The minimum Gasteiger partial charge on any atom is -0.477 e. The van der Waals surface area contributed by atoms with Crippen molar-refractivity contribution in [2.75, 3.05) is 5.73 Å². The van der Waals surface area contributed by atoms with Crippen molar-refractivity contribution >= 4 is 23.1 Å². The maximum Gasteiger partial charge on any atom is 0.211 e. The van der Waals surface area contributed by atoms with Crippen LogP contribution in [0.2, 0.25) is 5.02 Å². The number of ketones is 1. The summed E-state index contributed by atoms with van der Waals surface area (Å²) in [5, 5.41) is 0.393. The van der Waals surface area contributed by atoms with Gasteiger partial charge >= 0.3 is 0 Å². The zero-order valence-electron chi connectivity index (χ0n) is 7.93. The van der Waals surface area contributed by atoms with Crippen molar-refractivity contribution in [1.82, 2.24) is 0 Å². The van der Waals surface area contributed by atoms with Gasteiger partial charge in [0.1, 0.15) is 0 Å². The SMILES string of the molecule is CC1(C)Oc2c(N)ccc(Cl)c2C1=O. The molecule has 0 atom stereocenters. The van der Waals surface area contributed by atoms with Gasteiger partial charge < -0.3 is 10.5 Å². The van der Waals surface area contributed by atoms with Gasteiger partial charge in [0.2, 0.25) is 5.78 Å². The van der Waals surface area contributed by atoms with Crippen molar-refractivity contribution in [3.05, 3.63) is 22.7 Å². The first-order valence-corrected chi connectivity index (χ1v) is 4.63. The number of nitrogen functional groups attached to an aromatic ring is 1. The first kappa shape index (κ1) is 9.34. The smallest absolute Gasteiger partial charge is 0.211 e. The van der Waals surface area contributed by atoms with E-state index in [9.17, 15) is 4.79 Å². The molecule has 2 rings (SSSR count). The minimum absolute atomic E-state index is 0.121. The van der Waals surface area contributed by atoms with Gasteiger partial charge in [0.15, 0.2) is 11.4 Å². The summed E-state index contributed by atoms with van der Waals surface area (Å²) >= 11 is 5.91. The summed E-state index contributed by atoms with van der Waals surface area (Å²) in [6, 6.07) is 3.24. The number of ether oxygens (including phenoxy) is 1. The number of halogens is 1. The van der Waals surface area contributed by atoms with Crippen LogP contribution < -0.4 is 10.5 Å². The molecule has 74 valence electrons. The minimum atomic E-state index is -0.860. The van der Waals surface area contributed by atoms with Crippen LogP contribution in [-0.2, 0) is 0 Å². The highest BCUT2D eigenvalue weighted by Gasteiger charge is 2.42. The van der Waals surface area contributed by atoms with Gasteiger partial charge in [-0.15, -0.1) is 0 Å². The van der Waals surface area contributed by atoms with E-state index in [4.69, 9.17) is 22.1 Å². The van der Waals surface area contributed by atoms with Crippen LogP contribution in [0, 0.1) is 0 Å². The van der Waals surface area contributed by atoms with Crippen molar-refractivity contribution in [3.63, 3.8) is 0 Å². The van der Waals surface area contributed by atoms with E-state index < -0.39 is 5.60 Å². The lowest BCUT2D eigenvalue weighted by Gasteiger charge is -2.15. The van der Waals surface area contributed by atoms with Crippen LogP contribution in [0.5, 0.6) is 5.75 Å². The highest BCUT2D eigenvalue weighted by atomic mass is 35.5. The van der Waals surface area contributed by atoms with Crippen LogP contribution in [0.1, 0.15) is 24.2 Å². The van der Waals surface area contributed by atoms with Crippen molar-refractivity contribution in [1.29, 1.82) is 0 Å². The molecule has 14 heavy (non-hydrogen) atoms. The van der Waals surface area contributed by atoms with Crippen molar-refractivity contribution in [3.8, 4) is 5.75 Å². The summed E-state index contributed by atoms with van der Waals surface area (Å²) in [4.78, 5) is 11.8. The van der Waals surface area contributed by atoms with Gasteiger partial charge in [0.25, 0.3) is 0 Å². The summed E-state index contributed by atoms with van der Waals surface area (Å²) in [6.45, 7) is 3.40. The van der Waals surface area contributed by atoms with Gasteiger partial charge in [-0.2, -0.15) is 0 Å². The quantitative estimate of drug-likeness (QED) is 0.670. The van der Waals surface area contributed by atoms with Crippen LogP contribution in [0.15, 0.2) is 12.1 Å². The van der Waals surface area contributed by atoms with Crippen molar-refractivity contribution < 1.29 is 9.53 Å². The first-order chi connectivity index (χ1) is 6.43. The van der Waals surface area contributed by atoms with Gasteiger partial charge in [-0.1, -0.05) is 11.6 Å². The number of hydrogen-bond acceptors (Lipinski definition) is 3. The monoisotopic (exact) mass is 211 g/mol. The molecule has 2 N–H and O–H groups in total. The van der Waals surface area contributed by atoms with E-state index in [-0.39, 0.29) is 5.78 Å². The molecule has 1 heterocycles. The first-order valence-electron chi connectivity index (χ1n) is 4.25. The number of nitrogens with two attached hydrogens (primary N) is 1. The number of benzene rings is 1. The largest absolute Gasteiger partial charge is 0.477 e. The Morgan fingerprint density at radius 1 is 1.43 bits per heavy atom. The number of hydrogen-bond donors (Lipinski definition) is 1. The fourth-order valence-corrected chi connectivity index (χ4v) is 1.73. The number of carbonyl (C=O) groups is 1. The number of anilines is 1. The topological polar surface area (TPSA) is 52.3 Å². The third-order valence-electron chi connectivity index (χ3n) is 2.27. The van der Waals surface area contributed by atoms with Gasteiger partial charge in [-0.3, -0.25) is 4.79 Å². The second-order valence-electron chi connectivity index (χ2n) is 3.78. The Kier molecular flexibility index (Phi) is 1.76. The zero-order valence-corrected chi connectivity index (χ0v) is 8.68. The standard InChI is InChI=1S/C10H10ClNO2/c1-10(2)9(13)7-5(11)3-4-6(12)8(7)14-10/h3-4H,12H2,1-2H3. The lowest BCUT2D eigenvalue weighted by molar-refractivity contribution is 0.0686. The van der Waals surface area contributed by atoms with Crippen LogP contribution in [0.25, 0.3) is 0 Å². The number of rotatable bonds is 0. The van der Waals surface area contributed by atoms with E-state index in [0.29, 0.717) is 22.0 Å². The molecule has 0 fully saturated rings. The Bertz CT molecular complexity index is 426. The molecule has 0 saturated heterocycles. The lowest BCUT2D eigenvalue weighted by Crippen LogP contribution is -2.32. The Morgan fingerprint density at radius 3 is 2.64 bits per heavy atom. The summed E-state index contributed by atoms with van der Waals surface area (Å²) in [5.74, 6) is 0.289. The Hall–Kier alpha value is -1.22. The maximum atomic E-state index is 11.8. The summed E-state index contributed by atoms with van der Waals surface area (Å²) in [5.41, 5.74) is 5.68. The molecule has 0 bridgehead atoms. The molecule has 0 amide bonds. The molecule has 0 radical (unpaired) electrons. The maximum absolute atomic E-state index is 11.8. The molecule has 1 aliphatic rings. The number of Topliss-reactive ketones (excluding diaryl/α,β-unsaturated/α-hetero) is 1. The Balaban J connectivity index is 2.70. The molecule has 3 nitrogen and oxygen atoms in total. The number of fused-ring (bicyclic) bond motifs is 1. The average molecular weight is 212 g/mol. The molecule has 0 spiro atoms. The van der Waals surface area contributed by atoms with Gasteiger partial charge in [-0.25, -0.2) is 0 Å². The zero-order chi connectivity index (χ0) is 10.5. The van der Waals surface area contributed by atoms with Crippen LogP contribution in [-0.4, -0.2) is 11.4 Å². The van der Waals surface area contributed by atoms with Crippen LogP contribution in [0.4, 0.5) is 5.69 Å². The molecule has 0 aliphatic carbocycles. The number of carbonyl (C=O) groups excluding carboxylic acids is 1. The fourth-order valence-electron chi connectivity index (χ4n) is 1.50. The second kappa shape index (κ2) is 2.64. The summed E-state index contributed by atoms with van der Waals surface area (Å²) < 4.78 is 5.46. The second-order valence-corrected chi connectivity index (χ2v) is 4.19. The van der Waals surface area contributed by atoms with E-state index in [1.165, 1.54) is 0 Å². The molecule has 0 unspecified atom stereocenters. The predicted octanol–water partition coefficient (Wildman–Crippen LogP) is 2.28. The third kappa shape index (κ3) is 1.09. The molecular weight excluding hydrogens is 202 g/mol. The van der Waals surface area contributed by atoms with E-state index in [2.05, 4.69) is 0 Å². The van der Waals surface area contributed by atoms with E-state index in [1.54, 1.807) is 26.0 Å². The van der Waals surface area contributed by atoms with Crippen LogP contribution >= 0.6 is 11.6 Å². The highest BCUT2D eigenvalue weighted by Crippen LogP contribution is 2.42. The highest BCUT2D eigenvalue weighted by molar-refractivity contribution is 6.35. The van der Waals surface area contributed by atoms with E-state index >= 15 is 0 Å². The average Bonchev–Trinajstić information content (AvgIpc) is 2.33. The molecule has 1 aromatic carbocycles. The fraction of sp³-hybridized carbons (Fsp3) is 0.300. The predicted molar refractivity (Wildman–Crippen MR) is 54.9 cm³/mol. The Morgan fingerprint density at radius 2 is 2.07 bits per heavy atom. The van der Waals surface area contributed by atoms with E-state index in [0.717, 1.165) is 0 Å². The summed E-state index contributed by atoms with van der Waals surface area (Å²) in [7, 11) is 0. The summed E-state index contributed by atoms with van der Waals surface area (Å²) in [6.07, 6.45) is 0. The molecule has 1 aromatic rings. The molecule has 1 aliphatic heterocycles. The molecule has 0 aromatic heterocycles. The molecule has 0 saturated carbocycles. The molecular formula is C10H10ClNO2. The Labute approximate surface area is 86.8 Å². The third-order valence-corrected chi connectivity index (χ3v) is 2.58. The van der Waals surface area contributed by atoms with Gasteiger partial charge in [0.05, 0.1) is 16.3 Å². The normalized spacial score (nSPS) is 17.8. The molecule has 4 heteroatoms. The van der Waals surface area contributed by atoms with Crippen LogP contribution in [0.3, 0.4) is 0 Å². The van der Waals surface area contributed by atoms with Gasteiger partial charge in [-0.05, 0) is 26.0 Å². The van der Waals surface area contributed by atoms with E-state index in [1.807, 2.05) is 0 Å². The van der Waals surface area contributed by atoms with Crippen molar-refractivity contribution in [2.45, 2.75) is 19.4 Å². The van der Waals surface area contributed by atoms with Gasteiger partial charge in [0, 0.05) is 0 Å². The lowest BCUT2D eigenvalue weighted by atomic mass is 9.99.